The molecule has 0 bridgehead atoms. The Kier molecular flexibility index (Phi) is 4.79. The summed E-state index contributed by atoms with van der Waals surface area (Å²) in [6, 6.07) is 4.74. The molecule has 0 saturated heterocycles. The molecule has 2 aliphatic heterocycles. The highest BCUT2D eigenvalue weighted by Gasteiger charge is 2.26. The number of rotatable bonds is 4. The molecule has 5 nitrogen and oxygen atoms in total. The first-order chi connectivity index (χ1) is 13.1. The summed E-state index contributed by atoms with van der Waals surface area (Å²) < 4.78 is 13.3. The zero-order valence-corrected chi connectivity index (χ0v) is 14.9. The Morgan fingerprint density at radius 2 is 2.11 bits per heavy atom. The predicted molar refractivity (Wildman–Crippen MR) is 101 cm³/mol. The molecule has 6 heteroatoms. The van der Waals surface area contributed by atoms with E-state index < -0.39 is 0 Å². The van der Waals surface area contributed by atoms with E-state index in [4.69, 9.17) is 0 Å². The van der Waals surface area contributed by atoms with Gasteiger partial charge in [-0.2, -0.15) is 4.99 Å². The number of amidine groups is 1. The zero-order valence-electron chi connectivity index (χ0n) is 14.9. The summed E-state index contributed by atoms with van der Waals surface area (Å²) in [5, 5.41) is 0. The van der Waals surface area contributed by atoms with Crippen LogP contribution in [0.5, 0.6) is 0 Å². The first kappa shape index (κ1) is 17.5. The number of carbonyl (C=O) groups is 2. The van der Waals surface area contributed by atoms with Crippen molar-refractivity contribution in [3.63, 3.8) is 0 Å². The number of amides is 2. The summed E-state index contributed by atoms with van der Waals surface area (Å²) in [6.07, 6.45) is 9.46. The molecule has 1 unspecified atom stereocenters. The number of aliphatic imine (C=N–C) groups is 2. The van der Waals surface area contributed by atoms with Gasteiger partial charge in [-0.05, 0) is 42.2 Å². The van der Waals surface area contributed by atoms with Gasteiger partial charge in [0.15, 0.2) is 0 Å². The molecule has 2 amide bonds. The maximum Gasteiger partial charge on any atom is 0.260 e. The molecule has 1 aliphatic carbocycles. The molecule has 0 aromatic heterocycles. The van der Waals surface area contributed by atoms with Crippen molar-refractivity contribution in [3.8, 4) is 0 Å². The summed E-state index contributed by atoms with van der Waals surface area (Å²) in [6.45, 7) is 1.13. The highest BCUT2D eigenvalue weighted by molar-refractivity contribution is 6.21. The first-order valence-electron chi connectivity index (χ1n) is 9.20. The number of benzene rings is 1. The van der Waals surface area contributed by atoms with Crippen LogP contribution in [-0.4, -0.2) is 34.8 Å². The Labute approximate surface area is 157 Å². The normalized spacial score (nSPS) is 20.7. The van der Waals surface area contributed by atoms with Crippen LogP contribution in [0.1, 0.15) is 30.4 Å². The van der Waals surface area contributed by atoms with Crippen molar-refractivity contribution in [2.75, 3.05) is 6.54 Å². The van der Waals surface area contributed by atoms with Crippen LogP contribution in [0.4, 0.5) is 4.39 Å². The number of hydrogen-bond acceptors (Lipinski definition) is 3. The maximum absolute atomic E-state index is 13.3. The van der Waals surface area contributed by atoms with Gasteiger partial charge in [-0.15, -0.1) is 0 Å². The molecule has 2 heterocycles. The minimum absolute atomic E-state index is 0.0683. The van der Waals surface area contributed by atoms with Crippen LogP contribution in [-0.2, 0) is 22.6 Å². The summed E-state index contributed by atoms with van der Waals surface area (Å²) in [7, 11) is 0. The number of fused-ring (bicyclic) bond motifs is 2. The van der Waals surface area contributed by atoms with Gasteiger partial charge in [-0.25, -0.2) is 9.38 Å². The molecule has 0 spiro atoms. The van der Waals surface area contributed by atoms with Gasteiger partial charge in [0.05, 0.1) is 5.71 Å². The van der Waals surface area contributed by atoms with Crippen molar-refractivity contribution in [1.82, 2.24) is 4.90 Å². The Hall–Kier alpha value is -2.89. The van der Waals surface area contributed by atoms with Crippen molar-refractivity contribution in [2.24, 2.45) is 15.9 Å². The van der Waals surface area contributed by atoms with Gasteiger partial charge >= 0.3 is 0 Å². The summed E-state index contributed by atoms with van der Waals surface area (Å²) >= 11 is 0. The molecular weight excluding hydrogens is 345 g/mol. The lowest BCUT2D eigenvalue weighted by Crippen LogP contribution is -2.36. The van der Waals surface area contributed by atoms with Crippen LogP contribution in [0.2, 0.25) is 0 Å². The van der Waals surface area contributed by atoms with E-state index in [1.165, 1.54) is 6.07 Å². The molecule has 1 aromatic rings. The fraction of sp³-hybridized carbons (Fsp3) is 0.333. The van der Waals surface area contributed by atoms with E-state index in [9.17, 15) is 14.0 Å². The van der Waals surface area contributed by atoms with Gasteiger partial charge in [0.2, 0.25) is 5.91 Å². The van der Waals surface area contributed by atoms with Crippen molar-refractivity contribution in [2.45, 2.75) is 32.2 Å². The SMILES string of the molecule is O=C1N=C(CCCC(=O)N2CCc3cc(F)ccc3C2)N=C2C=CC=CC12. The van der Waals surface area contributed by atoms with Gasteiger partial charge < -0.3 is 4.90 Å². The number of hydrogen-bond donors (Lipinski definition) is 0. The van der Waals surface area contributed by atoms with Crippen LogP contribution in [0, 0.1) is 11.7 Å². The van der Waals surface area contributed by atoms with Crippen molar-refractivity contribution < 1.29 is 14.0 Å². The number of halogens is 1. The Morgan fingerprint density at radius 3 is 3.00 bits per heavy atom. The molecule has 3 aliphatic rings. The lowest BCUT2D eigenvalue weighted by atomic mass is 9.96. The maximum atomic E-state index is 13.3. The van der Waals surface area contributed by atoms with Crippen LogP contribution >= 0.6 is 0 Å². The molecule has 138 valence electrons. The average molecular weight is 365 g/mol. The van der Waals surface area contributed by atoms with Crippen LogP contribution in [0.25, 0.3) is 0 Å². The van der Waals surface area contributed by atoms with Crippen LogP contribution in [0.3, 0.4) is 0 Å². The molecular formula is C21H20FN3O2. The molecule has 0 saturated carbocycles. The molecule has 4 rings (SSSR count). The number of allylic oxidation sites excluding steroid dienone is 3. The lowest BCUT2D eigenvalue weighted by Gasteiger charge is -2.29. The summed E-state index contributed by atoms with van der Waals surface area (Å²) in [4.78, 5) is 34.9. The van der Waals surface area contributed by atoms with Crippen LogP contribution < -0.4 is 0 Å². The van der Waals surface area contributed by atoms with Crippen molar-refractivity contribution >= 4 is 23.4 Å². The zero-order chi connectivity index (χ0) is 18.8. The van der Waals surface area contributed by atoms with E-state index in [-0.39, 0.29) is 23.5 Å². The standard InChI is InChI=1S/C21H20FN3O2/c22-16-9-8-15-13-25(11-10-14(15)12-16)20(26)7-3-6-19-23-18-5-2-1-4-17(18)21(27)24-19/h1-2,4-5,8-9,12,17H,3,6-7,10-11,13H2. The second-order valence-corrected chi connectivity index (χ2v) is 6.96. The molecule has 0 radical (unpaired) electrons. The van der Waals surface area contributed by atoms with Crippen LogP contribution in [0.15, 0.2) is 52.5 Å². The van der Waals surface area contributed by atoms with E-state index >= 15 is 0 Å². The van der Waals surface area contributed by atoms with E-state index in [1.54, 1.807) is 18.2 Å². The Balaban J connectivity index is 1.31. The first-order valence-corrected chi connectivity index (χ1v) is 9.20. The van der Waals surface area contributed by atoms with Crippen molar-refractivity contribution in [3.05, 3.63) is 59.4 Å². The third-order valence-electron chi connectivity index (χ3n) is 5.09. The fourth-order valence-corrected chi connectivity index (χ4v) is 3.62. The quantitative estimate of drug-likeness (QED) is 0.823. The van der Waals surface area contributed by atoms with E-state index in [0.717, 1.165) is 16.8 Å². The molecule has 1 aromatic carbocycles. The van der Waals surface area contributed by atoms with Crippen molar-refractivity contribution in [1.29, 1.82) is 0 Å². The van der Waals surface area contributed by atoms with E-state index in [0.29, 0.717) is 44.6 Å². The second kappa shape index (κ2) is 7.39. The topological polar surface area (TPSA) is 62.1 Å². The lowest BCUT2D eigenvalue weighted by molar-refractivity contribution is -0.132. The van der Waals surface area contributed by atoms with E-state index in [1.807, 2.05) is 23.1 Å². The minimum atomic E-state index is -0.362. The largest absolute Gasteiger partial charge is 0.338 e. The third-order valence-corrected chi connectivity index (χ3v) is 5.09. The molecule has 27 heavy (non-hydrogen) atoms. The number of carbonyl (C=O) groups excluding carboxylic acids is 2. The van der Waals surface area contributed by atoms with E-state index in [2.05, 4.69) is 9.98 Å². The van der Waals surface area contributed by atoms with Gasteiger partial charge in [-0.3, -0.25) is 9.59 Å². The number of nitrogens with zero attached hydrogens (tertiary/aromatic N) is 3. The second-order valence-electron chi connectivity index (χ2n) is 6.96. The van der Waals surface area contributed by atoms with Gasteiger partial charge in [-0.1, -0.05) is 24.3 Å². The van der Waals surface area contributed by atoms with Gasteiger partial charge in [0.25, 0.3) is 5.91 Å². The van der Waals surface area contributed by atoms with Gasteiger partial charge in [0.1, 0.15) is 17.6 Å². The monoisotopic (exact) mass is 365 g/mol. The minimum Gasteiger partial charge on any atom is -0.338 e. The average Bonchev–Trinajstić information content (AvgIpc) is 2.67. The smallest absolute Gasteiger partial charge is 0.260 e. The van der Waals surface area contributed by atoms with Gasteiger partial charge in [0, 0.05) is 25.9 Å². The fourth-order valence-electron chi connectivity index (χ4n) is 3.62. The summed E-state index contributed by atoms with van der Waals surface area (Å²) in [5.41, 5.74) is 2.71. The highest BCUT2D eigenvalue weighted by atomic mass is 19.1. The summed E-state index contributed by atoms with van der Waals surface area (Å²) in [5.74, 6) is -0.221. The third kappa shape index (κ3) is 3.79. The predicted octanol–water partition coefficient (Wildman–Crippen LogP) is 3.00. The molecule has 0 N–H and O–H groups in total. The molecule has 0 fully saturated rings. The molecule has 1 atom stereocenters. The highest BCUT2D eigenvalue weighted by Crippen LogP contribution is 2.22. The Morgan fingerprint density at radius 1 is 1.22 bits per heavy atom. The Bertz CT molecular complexity index is 914.